The van der Waals surface area contributed by atoms with Crippen LogP contribution >= 0.6 is 0 Å². The fraction of sp³-hybridized carbons (Fsp3) is 0.875. The second-order valence-corrected chi connectivity index (χ2v) is 2.75. The molecule has 0 radical (unpaired) electrons. The Morgan fingerprint density at radius 2 is 1.91 bits per heavy atom. The predicted molar refractivity (Wildman–Crippen MR) is 44.3 cm³/mol. The minimum absolute atomic E-state index is 0.389. The van der Waals surface area contributed by atoms with E-state index in [1.807, 2.05) is 0 Å². The highest BCUT2D eigenvalue weighted by atomic mass is 16.4. The number of hydrogen-bond donors (Lipinski definition) is 2. The van der Waals surface area contributed by atoms with E-state index in [1.165, 1.54) is 19.9 Å². The molecule has 3 N–H and O–H groups in total. The Labute approximate surface area is 67.6 Å². The first-order valence-corrected chi connectivity index (χ1v) is 4.08. The summed E-state index contributed by atoms with van der Waals surface area (Å²) in [4.78, 5) is 10.2. The van der Waals surface area contributed by atoms with Crippen LogP contribution < -0.4 is 5.73 Å². The monoisotopic (exact) mass is 159 g/mol. The van der Waals surface area contributed by atoms with Gasteiger partial charge in [-0.1, -0.05) is 12.8 Å². The first-order valence-electron chi connectivity index (χ1n) is 4.08. The maximum absolute atomic E-state index is 10.2. The lowest BCUT2D eigenvalue weighted by atomic mass is 10.1. The van der Waals surface area contributed by atoms with E-state index in [0.717, 1.165) is 12.8 Å². The summed E-state index contributed by atoms with van der Waals surface area (Å²) in [5, 5.41) is 8.37. The lowest BCUT2D eigenvalue weighted by Gasteiger charge is -2.01. The number of hydrogen-bond acceptors (Lipinski definition) is 2. The first-order chi connectivity index (χ1) is 5.29. The third-order valence-electron chi connectivity index (χ3n) is 1.94. The van der Waals surface area contributed by atoms with Crippen molar-refractivity contribution in [2.45, 2.75) is 32.1 Å². The minimum atomic E-state index is -0.637. The van der Waals surface area contributed by atoms with Crippen molar-refractivity contribution >= 4 is 5.97 Å². The van der Waals surface area contributed by atoms with E-state index in [9.17, 15) is 4.79 Å². The molecule has 1 saturated carbocycles. The molecule has 1 aliphatic rings. The Kier molecular flexibility index (Phi) is 5.84. The Bertz CT molecular complexity index is 109. The molecule has 0 saturated heterocycles. The van der Waals surface area contributed by atoms with Gasteiger partial charge < -0.3 is 10.8 Å². The van der Waals surface area contributed by atoms with Crippen molar-refractivity contribution in [3.05, 3.63) is 0 Å². The summed E-state index contributed by atoms with van der Waals surface area (Å²) >= 11 is 0. The summed E-state index contributed by atoms with van der Waals surface area (Å²) in [5.41, 5.74) is 4.50. The van der Waals surface area contributed by atoms with Gasteiger partial charge in [-0.3, -0.25) is 4.79 Å². The molecule has 0 heterocycles. The SMILES string of the molecule is CN.O=C(O)CC1CCCC1. The van der Waals surface area contributed by atoms with E-state index in [1.54, 1.807) is 0 Å². The Balaban J connectivity index is 0.000000461. The Morgan fingerprint density at radius 1 is 1.45 bits per heavy atom. The lowest BCUT2D eigenvalue weighted by Crippen LogP contribution is -2.02. The Hall–Kier alpha value is -0.570. The van der Waals surface area contributed by atoms with Crippen molar-refractivity contribution < 1.29 is 9.90 Å². The molecular formula is C8H17NO2. The lowest BCUT2D eigenvalue weighted by molar-refractivity contribution is -0.138. The number of rotatable bonds is 2. The van der Waals surface area contributed by atoms with Gasteiger partial charge in [0.2, 0.25) is 0 Å². The van der Waals surface area contributed by atoms with E-state index in [-0.39, 0.29) is 0 Å². The van der Waals surface area contributed by atoms with E-state index in [0.29, 0.717) is 12.3 Å². The highest BCUT2D eigenvalue weighted by Crippen LogP contribution is 2.27. The zero-order valence-corrected chi connectivity index (χ0v) is 7.05. The van der Waals surface area contributed by atoms with Gasteiger partial charge >= 0.3 is 5.97 Å². The van der Waals surface area contributed by atoms with E-state index in [4.69, 9.17) is 5.11 Å². The molecule has 3 heteroatoms. The average Bonchev–Trinajstić information content (AvgIpc) is 2.43. The first kappa shape index (κ1) is 10.4. The molecule has 0 aliphatic heterocycles. The molecule has 66 valence electrons. The predicted octanol–water partition coefficient (Wildman–Crippen LogP) is 1.23. The zero-order valence-electron chi connectivity index (χ0n) is 7.05. The standard InChI is InChI=1S/C7H12O2.CH5N/c8-7(9)5-6-3-1-2-4-6;1-2/h6H,1-5H2,(H,8,9);2H2,1H3. The van der Waals surface area contributed by atoms with Gasteiger partial charge in [0.25, 0.3) is 0 Å². The molecule has 0 aromatic rings. The molecule has 0 aromatic carbocycles. The highest BCUT2D eigenvalue weighted by Gasteiger charge is 2.17. The van der Waals surface area contributed by atoms with Gasteiger partial charge in [-0.25, -0.2) is 0 Å². The molecular weight excluding hydrogens is 142 g/mol. The second kappa shape index (κ2) is 6.16. The van der Waals surface area contributed by atoms with Crippen LogP contribution in [0.3, 0.4) is 0 Å². The maximum Gasteiger partial charge on any atom is 0.303 e. The van der Waals surface area contributed by atoms with Crippen LogP contribution in [0.5, 0.6) is 0 Å². The van der Waals surface area contributed by atoms with Crippen molar-refractivity contribution in [2.24, 2.45) is 11.7 Å². The summed E-state index contributed by atoms with van der Waals surface area (Å²) < 4.78 is 0. The van der Waals surface area contributed by atoms with Gasteiger partial charge in [-0.05, 0) is 25.8 Å². The number of carboxylic acid groups (broad SMARTS) is 1. The van der Waals surface area contributed by atoms with Gasteiger partial charge in [0.15, 0.2) is 0 Å². The maximum atomic E-state index is 10.2. The summed E-state index contributed by atoms with van der Waals surface area (Å²) in [6.07, 6.45) is 5.12. The van der Waals surface area contributed by atoms with Crippen molar-refractivity contribution in [1.82, 2.24) is 0 Å². The van der Waals surface area contributed by atoms with Gasteiger partial charge in [0.1, 0.15) is 0 Å². The summed E-state index contributed by atoms with van der Waals surface area (Å²) in [6.45, 7) is 0. The molecule has 3 nitrogen and oxygen atoms in total. The van der Waals surface area contributed by atoms with Gasteiger partial charge in [-0.2, -0.15) is 0 Å². The average molecular weight is 159 g/mol. The van der Waals surface area contributed by atoms with Crippen LogP contribution in [-0.2, 0) is 4.79 Å². The molecule has 0 bridgehead atoms. The molecule has 1 rings (SSSR count). The summed E-state index contributed by atoms with van der Waals surface area (Å²) in [5.74, 6) is -0.149. The van der Waals surface area contributed by atoms with E-state index < -0.39 is 5.97 Å². The van der Waals surface area contributed by atoms with Crippen molar-refractivity contribution in [3.8, 4) is 0 Å². The summed E-state index contributed by atoms with van der Waals surface area (Å²) in [7, 11) is 1.50. The summed E-state index contributed by atoms with van der Waals surface area (Å²) in [6, 6.07) is 0. The quantitative estimate of drug-likeness (QED) is 0.637. The number of aliphatic carboxylic acids is 1. The van der Waals surface area contributed by atoms with Gasteiger partial charge in [0.05, 0.1) is 0 Å². The van der Waals surface area contributed by atoms with Crippen LogP contribution in [0.25, 0.3) is 0 Å². The Morgan fingerprint density at radius 3 is 2.27 bits per heavy atom. The van der Waals surface area contributed by atoms with Crippen LogP contribution in [0.15, 0.2) is 0 Å². The third-order valence-corrected chi connectivity index (χ3v) is 1.94. The van der Waals surface area contributed by atoms with Crippen LogP contribution in [-0.4, -0.2) is 18.1 Å². The molecule has 0 amide bonds. The number of nitrogens with two attached hydrogens (primary N) is 1. The third kappa shape index (κ3) is 4.79. The topological polar surface area (TPSA) is 63.3 Å². The van der Waals surface area contributed by atoms with E-state index >= 15 is 0 Å². The largest absolute Gasteiger partial charge is 0.481 e. The van der Waals surface area contributed by atoms with Crippen LogP contribution in [0, 0.1) is 5.92 Å². The molecule has 1 aliphatic carbocycles. The number of carboxylic acids is 1. The molecule has 11 heavy (non-hydrogen) atoms. The minimum Gasteiger partial charge on any atom is -0.481 e. The second-order valence-electron chi connectivity index (χ2n) is 2.75. The molecule has 0 atom stereocenters. The van der Waals surface area contributed by atoms with E-state index in [2.05, 4.69) is 5.73 Å². The van der Waals surface area contributed by atoms with Crippen LogP contribution in [0.1, 0.15) is 32.1 Å². The van der Waals surface area contributed by atoms with Crippen molar-refractivity contribution in [3.63, 3.8) is 0 Å². The zero-order chi connectivity index (χ0) is 8.69. The molecule has 0 spiro atoms. The van der Waals surface area contributed by atoms with Gasteiger partial charge in [0, 0.05) is 6.42 Å². The van der Waals surface area contributed by atoms with Crippen molar-refractivity contribution in [2.75, 3.05) is 7.05 Å². The highest BCUT2D eigenvalue weighted by molar-refractivity contribution is 5.67. The molecule has 0 unspecified atom stereocenters. The van der Waals surface area contributed by atoms with Crippen molar-refractivity contribution in [1.29, 1.82) is 0 Å². The molecule has 1 fully saturated rings. The van der Waals surface area contributed by atoms with Crippen LogP contribution in [0.4, 0.5) is 0 Å². The fourth-order valence-corrected chi connectivity index (χ4v) is 1.46. The van der Waals surface area contributed by atoms with Gasteiger partial charge in [-0.15, -0.1) is 0 Å². The number of carbonyl (C=O) groups is 1. The van der Waals surface area contributed by atoms with Crippen LogP contribution in [0.2, 0.25) is 0 Å². The smallest absolute Gasteiger partial charge is 0.303 e. The molecule has 0 aromatic heterocycles. The normalized spacial score (nSPS) is 17.3. The fourth-order valence-electron chi connectivity index (χ4n) is 1.46.